The van der Waals surface area contributed by atoms with Crippen molar-refractivity contribution in [3.05, 3.63) is 52.6 Å². The minimum atomic E-state index is -0.416. The fourth-order valence-corrected chi connectivity index (χ4v) is 3.36. The number of imidazole rings is 1. The van der Waals surface area contributed by atoms with Gasteiger partial charge in [0.05, 0.1) is 16.0 Å². The monoisotopic (exact) mass is 365 g/mol. The Morgan fingerprint density at radius 1 is 1.11 bits per heavy atom. The molecule has 4 rings (SSSR count). The van der Waals surface area contributed by atoms with E-state index in [1.54, 1.807) is 13.0 Å². The number of piperazine rings is 1. The van der Waals surface area contributed by atoms with E-state index in [2.05, 4.69) is 14.9 Å². The third-order valence-electron chi connectivity index (χ3n) is 4.91. The molecule has 1 aromatic heterocycles. The van der Waals surface area contributed by atoms with Crippen LogP contribution >= 0.6 is 0 Å². The average molecular weight is 365 g/mol. The Morgan fingerprint density at radius 2 is 1.81 bits per heavy atom. The van der Waals surface area contributed by atoms with Gasteiger partial charge in [-0.05, 0) is 30.3 Å². The average Bonchev–Trinajstić information content (AvgIpc) is 3.11. The number of aromatic amines is 1. The highest BCUT2D eigenvalue weighted by Gasteiger charge is 2.19. The quantitative estimate of drug-likeness (QED) is 0.569. The lowest BCUT2D eigenvalue weighted by atomic mass is 10.1. The van der Waals surface area contributed by atoms with Crippen LogP contribution in [0.3, 0.4) is 0 Å². The highest BCUT2D eigenvalue weighted by atomic mass is 16.6. The molecule has 1 saturated heterocycles. The summed E-state index contributed by atoms with van der Waals surface area (Å²) in [6, 6.07) is 12.6. The van der Waals surface area contributed by atoms with Crippen molar-refractivity contribution in [1.82, 2.24) is 14.9 Å². The number of carbonyl (C=O) groups is 1. The standard InChI is InChI=1S/C19H19N5O3/c1-13(25)22-8-10-23(11-9-22)15-4-2-14(3-5-15)19-20-17-7-6-16(24(26)27)12-18(17)21-19/h2-7,12H,8-11H2,1H3,(H,20,21). The van der Waals surface area contributed by atoms with Gasteiger partial charge in [0.15, 0.2) is 0 Å². The number of anilines is 1. The molecule has 3 aromatic rings. The number of H-pyrrole nitrogens is 1. The van der Waals surface area contributed by atoms with Gasteiger partial charge in [-0.25, -0.2) is 4.98 Å². The van der Waals surface area contributed by atoms with Crippen LogP contribution < -0.4 is 4.90 Å². The molecule has 1 fully saturated rings. The minimum Gasteiger partial charge on any atom is -0.368 e. The first-order valence-corrected chi connectivity index (χ1v) is 8.76. The molecule has 2 aromatic carbocycles. The maximum Gasteiger partial charge on any atom is 0.271 e. The second-order valence-electron chi connectivity index (χ2n) is 6.58. The maximum atomic E-state index is 11.4. The first-order chi connectivity index (χ1) is 13.0. The van der Waals surface area contributed by atoms with Gasteiger partial charge >= 0.3 is 0 Å². The summed E-state index contributed by atoms with van der Waals surface area (Å²) in [5.41, 5.74) is 3.40. The maximum absolute atomic E-state index is 11.4. The molecule has 0 radical (unpaired) electrons. The van der Waals surface area contributed by atoms with Crippen molar-refractivity contribution in [3.63, 3.8) is 0 Å². The van der Waals surface area contributed by atoms with E-state index in [9.17, 15) is 14.9 Å². The molecule has 1 aliphatic heterocycles. The summed E-state index contributed by atoms with van der Waals surface area (Å²) >= 11 is 0. The number of rotatable bonds is 3. The van der Waals surface area contributed by atoms with Crippen molar-refractivity contribution in [2.75, 3.05) is 31.1 Å². The van der Waals surface area contributed by atoms with Crippen LogP contribution in [0.4, 0.5) is 11.4 Å². The minimum absolute atomic E-state index is 0.0396. The smallest absolute Gasteiger partial charge is 0.271 e. The number of nitro groups is 1. The fraction of sp³-hybridized carbons (Fsp3) is 0.263. The Balaban J connectivity index is 1.53. The lowest BCUT2D eigenvalue weighted by Crippen LogP contribution is -2.48. The Bertz CT molecular complexity index is 1000. The second-order valence-corrected chi connectivity index (χ2v) is 6.58. The van der Waals surface area contributed by atoms with Crippen LogP contribution in [0.2, 0.25) is 0 Å². The van der Waals surface area contributed by atoms with Gasteiger partial charge in [0.2, 0.25) is 5.91 Å². The normalized spacial score (nSPS) is 14.6. The summed E-state index contributed by atoms with van der Waals surface area (Å²) in [4.78, 5) is 33.7. The summed E-state index contributed by atoms with van der Waals surface area (Å²) in [7, 11) is 0. The SMILES string of the molecule is CC(=O)N1CCN(c2ccc(-c3nc4ccc([N+](=O)[O-])cc4[nH]3)cc2)CC1. The van der Waals surface area contributed by atoms with E-state index in [0.717, 1.165) is 37.4 Å². The summed E-state index contributed by atoms with van der Waals surface area (Å²) in [6.07, 6.45) is 0. The number of nitro benzene ring substituents is 1. The predicted octanol–water partition coefficient (Wildman–Crippen LogP) is 2.81. The Hall–Kier alpha value is -3.42. The van der Waals surface area contributed by atoms with E-state index in [-0.39, 0.29) is 11.6 Å². The number of amides is 1. The fourth-order valence-electron chi connectivity index (χ4n) is 3.36. The first kappa shape index (κ1) is 17.0. The molecular weight excluding hydrogens is 346 g/mol. The highest BCUT2D eigenvalue weighted by Crippen LogP contribution is 2.26. The molecule has 0 saturated carbocycles. The van der Waals surface area contributed by atoms with Crippen LogP contribution in [0.5, 0.6) is 0 Å². The van der Waals surface area contributed by atoms with E-state index in [1.165, 1.54) is 12.1 Å². The molecule has 0 bridgehead atoms. The van der Waals surface area contributed by atoms with Gasteiger partial charge in [0, 0.05) is 56.5 Å². The molecule has 0 aliphatic carbocycles. The number of hydrogen-bond acceptors (Lipinski definition) is 5. The van der Waals surface area contributed by atoms with E-state index < -0.39 is 4.92 Å². The Kier molecular flexibility index (Phi) is 4.23. The molecule has 1 aliphatic rings. The third kappa shape index (κ3) is 3.33. The molecule has 0 unspecified atom stereocenters. The third-order valence-corrected chi connectivity index (χ3v) is 4.91. The van der Waals surface area contributed by atoms with Gasteiger partial charge in [-0.3, -0.25) is 14.9 Å². The Morgan fingerprint density at radius 3 is 2.44 bits per heavy atom. The van der Waals surface area contributed by atoms with Gasteiger partial charge in [0.25, 0.3) is 5.69 Å². The van der Waals surface area contributed by atoms with Crippen LogP contribution in [-0.4, -0.2) is 51.9 Å². The van der Waals surface area contributed by atoms with Crippen LogP contribution in [-0.2, 0) is 4.79 Å². The van der Waals surface area contributed by atoms with E-state index in [1.807, 2.05) is 29.2 Å². The van der Waals surface area contributed by atoms with Gasteiger partial charge in [-0.1, -0.05) is 0 Å². The van der Waals surface area contributed by atoms with Gasteiger partial charge in [-0.2, -0.15) is 0 Å². The molecule has 8 nitrogen and oxygen atoms in total. The van der Waals surface area contributed by atoms with Crippen molar-refractivity contribution < 1.29 is 9.72 Å². The number of non-ortho nitro benzene ring substituents is 1. The summed E-state index contributed by atoms with van der Waals surface area (Å²) in [5.74, 6) is 0.800. The zero-order valence-corrected chi connectivity index (χ0v) is 14.9. The van der Waals surface area contributed by atoms with Crippen molar-refractivity contribution >= 4 is 28.3 Å². The molecule has 1 N–H and O–H groups in total. The highest BCUT2D eigenvalue weighted by molar-refractivity contribution is 5.81. The van der Waals surface area contributed by atoms with Crippen molar-refractivity contribution in [2.45, 2.75) is 6.92 Å². The van der Waals surface area contributed by atoms with Crippen molar-refractivity contribution in [2.24, 2.45) is 0 Å². The predicted molar refractivity (Wildman–Crippen MR) is 103 cm³/mol. The van der Waals surface area contributed by atoms with Gasteiger partial charge < -0.3 is 14.8 Å². The molecule has 0 atom stereocenters. The lowest BCUT2D eigenvalue weighted by molar-refractivity contribution is -0.384. The van der Waals surface area contributed by atoms with Gasteiger partial charge in [0.1, 0.15) is 5.82 Å². The zero-order valence-electron chi connectivity index (χ0n) is 14.9. The number of nitrogens with one attached hydrogen (secondary N) is 1. The summed E-state index contributed by atoms with van der Waals surface area (Å²) < 4.78 is 0. The summed E-state index contributed by atoms with van der Waals surface area (Å²) in [6.45, 7) is 4.70. The first-order valence-electron chi connectivity index (χ1n) is 8.76. The summed E-state index contributed by atoms with van der Waals surface area (Å²) in [5, 5.41) is 10.9. The van der Waals surface area contributed by atoms with E-state index >= 15 is 0 Å². The van der Waals surface area contributed by atoms with Crippen molar-refractivity contribution in [3.8, 4) is 11.4 Å². The van der Waals surface area contributed by atoms with Crippen LogP contribution in [0.1, 0.15) is 6.92 Å². The number of carbonyl (C=O) groups excluding carboxylic acids is 1. The second kappa shape index (κ2) is 6.71. The number of nitrogens with zero attached hydrogens (tertiary/aromatic N) is 4. The molecule has 1 amide bonds. The largest absolute Gasteiger partial charge is 0.368 e. The number of hydrogen-bond donors (Lipinski definition) is 1. The number of fused-ring (bicyclic) bond motifs is 1. The van der Waals surface area contributed by atoms with E-state index in [0.29, 0.717) is 16.9 Å². The van der Waals surface area contributed by atoms with Crippen molar-refractivity contribution in [1.29, 1.82) is 0 Å². The molecule has 138 valence electrons. The number of benzene rings is 2. The topological polar surface area (TPSA) is 95.4 Å². The Labute approximate surface area is 155 Å². The lowest BCUT2D eigenvalue weighted by Gasteiger charge is -2.35. The van der Waals surface area contributed by atoms with E-state index in [4.69, 9.17) is 0 Å². The van der Waals surface area contributed by atoms with Gasteiger partial charge in [-0.15, -0.1) is 0 Å². The van der Waals surface area contributed by atoms with Crippen LogP contribution in [0, 0.1) is 10.1 Å². The molecule has 27 heavy (non-hydrogen) atoms. The van der Waals surface area contributed by atoms with Crippen LogP contribution in [0.15, 0.2) is 42.5 Å². The molecular formula is C19H19N5O3. The zero-order chi connectivity index (χ0) is 19.0. The molecule has 0 spiro atoms. The molecule has 8 heteroatoms. The number of aromatic nitrogens is 2. The molecule has 2 heterocycles. The van der Waals surface area contributed by atoms with Crippen LogP contribution in [0.25, 0.3) is 22.4 Å².